The molecule has 0 aliphatic rings. The molecule has 6 heteroatoms. The third kappa shape index (κ3) is 3.56. The molecule has 25 heavy (non-hydrogen) atoms. The van der Waals surface area contributed by atoms with Crippen molar-refractivity contribution in [1.29, 1.82) is 0 Å². The number of carbonyl (C=O) groups excluding carboxylic acids is 1. The molecule has 1 N–H and O–H groups in total. The first-order chi connectivity index (χ1) is 12.0. The highest BCUT2D eigenvalue weighted by molar-refractivity contribution is 6.33. The molecule has 2 aromatic carbocycles. The fraction of sp³-hybridized carbons (Fsp3) is 0.211. The van der Waals surface area contributed by atoms with Crippen molar-refractivity contribution in [2.24, 2.45) is 0 Å². The van der Waals surface area contributed by atoms with Crippen molar-refractivity contribution in [3.05, 3.63) is 70.5 Å². The molecule has 0 spiro atoms. The third-order valence-corrected chi connectivity index (χ3v) is 4.37. The molecule has 0 aliphatic carbocycles. The predicted octanol–water partition coefficient (Wildman–Crippen LogP) is 4.60. The fourth-order valence-electron chi connectivity index (χ4n) is 2.53. The van der Waals surface area contributed by atoms with Crippen LogP contribution >= 0.6 is 11.6 Å². The highest BCUT2D eigenvalue weighted by Gasteiger charge is 2.18. The van der Waals surface area contributed by atoms with Crippen molar-refractivity contribution in [3.63, 3.8) is 0 Å². The van der Waals surface area contributed by atoms with E-state index in [1.54, 1.807) is 22.9 Å². The van der Waals surface area contributed by atoms with E-state index in [4.69, 9.17) is 11.6 Å². The van der Waals surface area contributed by atoms with Gasteiger partial charge in [0.25, 0.3) is 5.91 Å². The molecule has 0 atom stereocenters. The van der Waals surface area contributed by atoms with E-state index in [1.807, 2.05) is 25.1 Å². The number of rotatable bonds is 4. The number of nitrogens with one attached hydrogen (secondary N) is 1. The van der Waals surface area contributed by atoms with Gasteiger partial charge in [-0.25, -0.2) is 4.68 Å². The van der Waals surface area contributed by atoms with Crippen molar-refractivity contribution < 1.29 is 4.79 Å². The average molecular weight is 355 g/mol. The second-order valence-electron chi connectivity index (χ2n) is 6.12. The number of amides is 1. The SMILES string of the molecule is Cc1c(C(=O)Nc2ccccc2Cl)nnn1-c1ccc(C(C)C)cc1. The number of halogens is 1. The van der Waals surface area contributed by atoms with Crippen LogP contribution < -0.4 is 5.32 Å². The highest BCUT2D eigenvalue weighted by atomic mass is 35.5. The van der Waals surface area contributed by atoms with Crippen LogP contribution in [0.15, 0.2) is 48.5 Å². The number of para-hydroxylation sites is 1. The smallest absolute Gasteiger partial charge is 0.278 e. The maximum absolute atomic E-state index is 12.5. The number of nitrogens with zero attached hydrogens (tertiary/aromatic N) is 3. The summed E-state index contributed by atoms with van der Waals surface area (Å²) in [6, 6.07) is 15.2. The Morgan fingerprint density at radius 2 is 1.80 bits per heavy atom. The van der Waals surface area contributed by atoms with Crippen LogP contribution in [0, 0.1) is 6.92 Å². The van der Waals surface area contributed by atoms with Gasteiger partial charge in [-0.3, -0.25) is 4.79 Å². The van der Waals surface area contributed by atoms with Gasteiger partial charge in [-0.15, -0.1) is 5.10 Å². The Hall–Kier alpha value is -2.66. The van der Waals surface area contributed by atoms with Crippen LogP contribution in [-0.4, -0.2) is 20.9 Å². The van der Waals surface area contributed by atoms with Gasteiger partial charge in [0.1, 0.15) is 0 Å². The molecule has 1 heterocycles. The summed E-state index contributed by atoms with van der Waals surface area (Å²) in [7, 11) is 0. The number of aromatic nitrogens is 3. The lowest BCUT2D eigenvalue weighted by Crippen LogP contribution is -2.14. The Labute approximate surface area is 151 Å². The summed E-state index contributed by atoms with van der Waals surface area (Å²) in [4.78, 5) is 12.5. The molecule has 0 fully saturated rings. The lowest BCUT2D eigenvalue weighted by molar-refractivity contribution is 0.102. The number of carbonyl (C=O) groups is 1. The first-order valence-corrected chi connectivity index (χ1v) is 8.43. The minimum Gasteiger partial charge on any atom is -0.319 e. The standard InChI is InChI=1S/C19H19ClN4O/c1-12(2)14-8-10-15(11-9-14)24-13(3)18(22-23-24)19(25)21-17-7-5-4-6-16(17)20/h4-12H,1-3H3,(H,21,25). The van der Waals surface area contributed by atoms with Crippen molar-refractivity contribution in [1.82, 2.24) is 15.0 Å². The van der Waals surface area contributed by atoms with Gasteiger partial charge in [-0.2, -0.15) is 0 Å². The molecule has 0 unspecified atom stereocenters. The number of hydrogen-bond acceptors (Lipinski definition) is 3. The molecular weight excluding hydrogens is 336 g/mol. The van der Waals surface area contributed by atoms with Crippen molar-refractivity contribution in [2.75, 3.05) is 5.32 Å². The van der Waals surface area contributed by atoms with Crippen LogP contribution in [0.25, 0.3) is 5.69 Å². The van der Waals surface area contributed by atoms with Gasteiger partial charge in [0, 0.05) is 0 Å². The number of benzene rings is 2. The second-order valence-corrected chi connectivity index (χ2v) is 6.52. The average Bonchev–Trinajstić information content (AvgIpc) is 2.98. The molecule has 3 aromatic rings. The Morgan fingerprint density at radius 3 is 2.44 bits per heavy atom. The normalized spacial score (nSPS) is 10.9. The molecular formula is C19H19ClN4O. The molecule has 128 valence electrons. The minimum atomic E-state index is -0.337. The van der Waals surface area contributed by atoms with Crippen LogP contribution in [0.4, 0.5) is 5.69 Å². The Bertz CT molecular complexity index is 900. The first kappa shape index (κ1) is 17.2. The van der Waals surface area contributed by atoms with Gasteiger partial charge in [-0.05, 0) is 42.7 Å². The van der Waals surface area contributed by atoms with E-state index in [0.29, 0.717) is 22.3 Å². The van der Waals surface area contributed by atoms with E-state index in [2.05, 4.69) is 41.6 Å². The third-order valence-electron chi connectivity index (χ3n) is 4.04. The van der Waals surface area contributed by atoms with Crippen LogP contribution in [0.2, 0.25) is 5.02 Å². The maximum atomic E-state index is 12.5. The lowest BCUT2D eigenvalue weighted by atomic mass is 10.0. The molecule has 0 aliphatic heterocycles. The van der Waals surface area contributed by atoms with Crippen LogP contribution in [0.1, 0.15) is 41.5 Å². The van der Waals surface area contributed by atoms with Gasteiger partial charge in [0.2, 0.25) is 0 Å². The molecule has 0 radical (unpaired) electrons. The Morgan fingerprint density at radius 1 is 1.12 bits per heavy atom. The number of hydrogen-bond donors (Lipinski definition) is 1. The Balaban J connectivity index is 1.85. The summed E-state index contributed by atoms with van der Waals surface area (Å²) in [5.74, 6) is 0.124. The zero-order chi connectivity index (χ0) is 18.0. The van der Waals surface area contributed by atoms with Crippen molar-refractivity contribution >= 4 is 23.2 Å². The van der Waals surface area contributed by atoms with E-state index < -0.39 is 0 Å². The summed E-state index contributed by atoms with van der Waals surface area (Å²) in [6.07, 6.45) is 0. The zero-order valence-electron chi connectivity index (χ0n) is 14.3. The highest BCUT2D eigenvalue weighted by Crippen LogP contribution is 2.22. The molecule has 0 saturated carbocycles. The largest absolute Gasteiger partial charge is 0.319 e. The molecule has 5 nitrogen and oxygen atoms in total. The quantitative estimate of drug-likeness (QED) is 0.744. The topological polar surface area (TPSA) is 59.8 Å². The van der Waals surface area contributed by atoms with Crippen LogP contribution in [0.5, 0.6) is 0 Å². The van der Waals surface area contributed by atoms with Gasteiger partial charge >= 0.3 is 0 Å². The van der Waals surface area contributed by atoms with Crippen LogP contribution in [0.3, 0.4) is 0 Å². The number of anilines is 1. The molecule has 1 aromatic heterocycles. The van der Waals surface area contributed by atoms with E-state index >= 15 is 0 Å². The van der Waals surface area contributed by atoms with E-state index in [0.717, 1.165) is 5.69 Å². The minimum absolute atomic E-state index is 0.271. The zero-order valence-corrected chi connectivity index (χ0v) is 15.1. The monoisotopic (exact) mass is 354 g/mol. The lowest BCUT2D eigenvalue weighted by Gasteiger charge is -2.08. The van der Waals surface area contributed by atoms with E-state index in [1.165, 1.54) is 5.56 Å². The van der Waals surface area contributed by atoms with E-state index in [-0.39, 0.29) is 11.6 Å². The fourth-order valence-corrected chi connectivity index (χ4v) is 2.71. The van der Waals surface area contributed by atoms with E-state index in [9.17, 15) is 4.79 Å². The molecule has 0 saturated heterocycles. The summed E-state index contributed by atoms with van der Waals surface area (Å²) < 4.78 is 1.66. The summed E-state index contributed by atoms with van der Waals surface area (Å²) in [6.45, 7) is 6.11. The summed E-state index contributed by atoms with van der Waals surface area (Å²) in [5.41, 5.74) is 3.60. The van der Waals surface area contributed by atoms with Gasteiger partial charge in [-0.1, -0.05) is 54.9 Å². The summed E-state index contributed by atoms with van der Waals surface area (Å²) >= 11 is 6.08. The molecule has 0 bridgehead atoms. The van der Waals surface area contributed by atoms with Crippen LogP contribution in [-0.2, 0) is 0 Å². The van der Waals surface area contributed by atoms with Gasteiger partial charge in [0.05, 0.1) is 22.1 Å². The molecule has 3 rings (SSSR count). The Kier molecular flexibility index (Phi) is 4.86. The molecule has 1 amide bonds. The maximum Gasteiger partial charge on any atom is 0.278 e. The van der Waals surface area contributed by atoms with Crippen molar-refractivity contribution in [2.45, 2.75) is 26.7 Å². The van der Waals surface area contributed by atoms with Crippen molar-refractivity contribution in [3.8, 4) is 5.69 Å². The van der Waals surface area contributed by atoms with Gasteiger partial charge in [0.15, 0.2) is 5.69 Å². The predicted molar refractivity (Wildman–Crippen MR) is 99.6 cm³/mol. The van der Waals surface area contributed by atoms with Gasteiger partial charge < -0.3 is 5.32 Å². The second kappa shape index (κ2) is 7.07. The summed E-state index contributed by atoms with van der Waals surface area (Å²) in [5, 5.41) is 11.4. The first-order valence-electron chi connectivity index (χ1n) is 8.06.